The third kappa shape index (κ3) is 2.57. The molecule has 1 N–H and O–H groups in total. The average molecular weight is 194 g/mol. The molecule has 0 amide bonds. The Morgan fingerprint density at radius 1 is 1.27 bits per heavy atom. The van der Waals surface area contributed by atoms with E-state index in [0.29, 0.717) is 5.69 Å². The van der Waals surface area contributed by atoms with Crippen LogP contribution in [0.1, 0.15) is 0 Å². The molecule has 0 unspecified atom stereocenters. The molecule has 0 atom stereocenters. The molecule has 0 saturated heterocycles. The number of rotatable bonds is 1. The van der Waals surface area contributed by atoms with Crippen molar-refractivity contribution in [1.29, 1.82) is 0 Å². The van der Waals surface area contributed by atoms with Crippen molar-refractivity contribution in [2.75, 3.05) is 0 Å². The summed E-state index contributed by atoms with van der Waals surface area (Å²) in [7, 11) is 0. The Hall–Kier alpha value is -1.06. The zero-order chi connectivity index (χ0) is 7.40. The molecule has 5 heteroatoms. The predicted octanol–water partition coefficient (Wildman–Crippen LogP) is 1.67. The molecular weight excluding hydrogens is 188 g/mol. The second-order valence-corrected chi connectivity index (χ2v) is 1.70. The van der Waals surface area contributed by atoms with Crippen LogP contribution in [0.15, 0.2) is 35.6 Å². The monoisotopic (exact) mass is 194 g/mol. The fourth-order valence-electron chi connectivity index (χ4n) is 0.607. The molecule has 0 aliphatic heterocycles. The number of para-hydroxylation sites is 1. The van der Waals surface area contributed by atoms with E-state index in [1.807, 2.05) is 0 Å². The van der Waals surface area contributed by atoms with Crippen molar-refractivity contribution in [1.82, 2.24) is 0 Å². The van der Waals surface area contributed by atoms with Crippen LogP contribution in [0.3, 0.4) is 0 Å². The molecule has 11 heavy (non-hydrogen) atoms. The van der Waals surface area contributed by atoms with Gasteiger partial charge in [-0.3, -0.25) is 0 Å². The third-order valence-electron chi connectivity index (χ3n) is 1.06. The maximum atomic E-state index is 10.5. The topological polar surface area (TPSA) is 58.7 Å². The van der Waals surface area contributed by atoms with Gasteiger partial charge in [0.25, 0.3) is 0 Å². The van der Waals surface area contributed by atoms with Crippen molar-refractivity contribution in [2.45, 2.75) is 0 Å². The van der Waals surface area contributed by atoms with Crippen molar-refractivity contribution >= 4 is 5.69 Å². The van der Waals surface area contributed by atoms with Crippen LogP contribution in [0.5, 0.6) is 0 Å². The molecule has 1 aromatic carbocycles. The van der Waals surface area contributed by atoms with Crippen LogP contribution in [0.25, 0.3) is 0 Å². The second kappa shape index (κ2) is 4.71. The fourth-order valence-corrected chi connectivity index (χ4v) is 0.607. The Kier molecular flexibility index (Phi) is 4.25. The van der Waals surface area contributed by atoms with E-state index >= 15 is 0 Å². The van der Waals surface area contributed by atoms with E-state index in [1.165, 1.54) is 0 Å². The van der Waals surface area contributed by atoms with Gasteiger partial charge in [-0.25, -0.2) is 0 Å². The number of hydrogen-bond donors (Lipinski definition) is 1. The minimum atomic E-state index is 0. The van der Waals surface area contributed by atoms with E-state index in [1.54, 1.807) is 30.3 Å². The van der Waals surface area contributed by atoms with E-state index in [0.717, 1.165) is 0 Å². The minimum absolute atomic E-state index is 0. The molecule has 4 nitrogen and oxygen atoms in total. The first-order chi connectivity index (χ1) is 4.84. The van der Waals surface area contributed by atoms with E-state index in [4.69, 9.17) is 5.21 Å². The smallest absolute Gasteiger partial charge is 0.248 e. The molecular formula is C6H6FeN2O2. The van der Waals surface area contributed by atoms with Crippen LogP contribution in [0.4, 0.5) is 5.69 Å². The van der Waals surface area contributed by atoms with E-state index in [-0.39, 0.29) is 21.9 Å². The number of hydrogen-bond acceptors (Lipinski definition) is 2. The summed E-state index contributed by atoms with van der Waals surface area (Å²) in [6, 6.07) is 8.24. The quantitative estimate of drug-likeness (QED) is 0.320. The van der Waals surface area contributed by atoms with Crippen molar-refractivity contribution in [3.05, 3.63) is 35.5 Å². The summed E-state index contributed by atoms with van der Waals surface area (Å²) < 4.78 is 0. The van der Waals surface area contributed by atoms with Crippen LogP contribution in [-0.2, 0) is 17.1 Å². The molecule has 0 aromatic heterocycles. The zero-order valence-electron chi connectivity index (χ0n) is 5.49. The first-order valence-corrected chi connectivity index (χ1v) is 2.72. The standard InChI is InChI=1S/C6H6N2O2.Fe/c9-7-8(10)6-4-2-1-3-5-6;/h1-5,9H;. The molecule has 0 radical (unpaired) electrons. The van der Waals surface area contributed by atoms with Crippen LogP contribution in [0.2, 0.25) is 0 Å². The molecule has 0 heterocycles. The predicted molar refractivity (Wildman–Crippen MR) is 33.9 cm³/mol. The van der Waals surface area contributed by atoms with Gasteiger partial charge in [-0.05, 0) is 4.86 Å². The maximum absolute atomic E-state index is 10.5. The molecule has 0 bridgehead atoms. The maximum Gasteiger partial charge on any atom is 0.248 e. The summed E-state index contributed by atoms with van der Waals surface area (Å²) in [5.41, 5.74) is 0.310. The largest absolute Gasteiger partial charge is 0.592 e. The van der Waals surface area contributed by atoms with Crippen molar-refractivity contribution in [3.63, 3.8) is 0 Å². The molecule has 1 aromatic rings. The van der Waals surface area contributed by atoms with E-state index in [2.05, 4.69) is 5.28 Å². The van der Waals surface area contributed by atoms with Gasteiger partial charge in [-0.2, -0.15) is 0 Å². The zero-order valence-corrected chi connectivity index (χ0v) is 6.59. The molecule has 0 aliphatic carbocycles. The van der Waals surface area contributed by atoms with E-state index in [9.17, 15) is 5.21 Å². The number of nitrogens with zero attached hydrogens (tertiary/aromatic N) is 2. The van der Waals surface area contributed by atoms with Gasteiger partial charge in [0.05, 0.1) is 0 Å². The van der Waals surface area contributed by atoms with Gasteiger partial charge in [-0.1, -0.05) is 18.2 Å². The van der Waals surface area contributed by atoms with Crippen molar-refractivity contribution in [2.24, 2.45) is 5.28 Å². The molecule has 0 aliphatic rings. The van der Waals surface area contributed by atoms with E-state index < -0.39 is 0 Å². The molecule has 60 valence electrons. The Labute approximate surface area is 74.2 Å². The van der Waals surface area contributed by atoms with Crippen LogP contribution in [0, 0.1) is 5.21 Å². The Bertz CT molecular complexity index is 238. The summed E-state index contributed by atoms with van der Waals surface area (Å²) in [4.78, 5) is 0.139. The first kappa shape index (κ1) is 9.94. The Morgan fingerprint density at radius 3 is 2.27 bits per heavy atom. The van der Waals surface area contributed by atoms with Crippen LogP contribution < -0.4 is 0 Å². The fraction of sp³-hybridized carbons (Fsp3) is 0. The molecule has 0 spiro atoms. The Morgan fingerprint density at radius 2 is 1.82 bits per heavy atom. The SMILES string of the molecule is [Fe].[O-][N+](=NO)c1ccccc1. The Balaban J connectivity index is 0.000001000. The van der Waals surface area contributed by atoms with Crippen LogP contribution >= 0.6 is 0 Å². The summed E-state index contributed by atoms with van der Waals surface area (Å²) in [6.07, 6.45) is 0. The van der Waals surface area contributed by atoms with Gasteiger partial charge in [0, 0.05) is 29.2 Å². The summed E-state index contributed by atoms with van der Waals surface area (Å²) >= 11 is 0. The summed E-state index contributed by atoms with van der Waals surface area (Å²) in [6.45, 7) is 0. The average Bonchev–Trinajstić information content (AvgIpc) is 2.05. The molecule has 0 fully saturated rings. The summed E-state index contributed by atoms with van der Waals surface area (Å²) in [5.74, 6) is 0. The second-order valence-electron chi connectivity index (χ2n) is 1.70. The first-order valence-electron chi connectivity index (χ1n) is 2.72. The molecule has 0 saturated carbocycles. The normalized spacial score (nSPS) is 10.4. The van der Waals surface area contributed by atoms with Gasteiger partial charge in [-0.15, -0.1) is 0 Å². The van der Waals surface area contributed by atoms with Gasteiger partial charge in [0.2, 0.25) is 11.0 Å². The third-order valence-corrected chi connectivity index (χ3v) is 1.06. The number of benzene rings is 1. The van der Waals surface area contributed by atoms with Crippen molar-refractivity contribution < 1.29 is 27.1 Å². The molecule has 1 rings (SSSR count). The van der Waals surface area contributed by atoms with Crippen molar-refractivity contribution in [3.8, 4) is 0 Å². The van der Waals surface area contributed by atoms with Gasteiger partial charge in [0.1, 0.15) is 0 Å². The van der Waals surface area contributed by atoms with Gasteiger partial charge >= 0.3 is 0 Å². The van der Waals surface area contributed by atoms with Gasteiger partial charge < -0.3 is 10.4 Å². The minimum Gasteiger partial charge on any atom is -0.592 e. The van der Waals surface area contributed by atoms with Crippen LogP contribution in [-0.4, -0.2) is 10.1 Å². The van der Waals surface area contributed by atoms with Gasteiger partial charge in [0.15, 0.2) is 0 Å². The summed E-state index contributed by atoms with van der Waals surface area (Å²) in [5, 5.41) is 21.0.